The van der Waals surface area contributed by atoms with Crippen LogP contribution in [0.2, 0.25) is 0 Å². The number of rotatable bonds is 12. The smallest absolute Gasteiger partial charge is 0.229 e. The Kier molecular flexibility index (Phi) is 8.29. The summed E-state index contributed by atoms with van der Waals surface area (Å²) in [6.45, 7) is 6.11. The normalized spacial score (nSPS) is 19.2. The predicted octanol–water partition coefficient (Wildman–Crippen LogP) is 4.58. The summed E-state index contributed by atoms with van der Waals surface area (Å²) in [5.41, 5.74) is 2.47. The molecule has 1 saturated heterocycles. The number of hydrogen-bond donors (Lipinski definition) is 2. The second-order valence-corrected chi connectivity index (χ2v) is 10.9. The molecule has 2 aromatic heterocycles. The van der Waals surface area contributed by atoms with Crippen molar-refractivity contribution in [3.63, 3.8) is 0 Å². The molecule has 198 valence electrons. The van der Waals surface area contributed by atoms with Gasteiger partial charge in [0.05, 0.1) is 35.6 Å². The minimum Gasteiger partial charge on any atom is -0.491 e. The van der Waals surface area contributed by atoms with E-state index in [0.717, 1.165) is 59.4 Å². The number of aliphatic hydroxyl groups is 1. The Balaban J connectivity index is 1.37. The number of hydrogen-bond acceptors (Lipinski definition) is 9. The first-order chi connectivity index (χ1) is 18.0. The van der Waals surface area contributed by atoms with Crippen molar-refractivity contribution in [3.05, 3.63) is 30.4 Å². The molecule has 2 fully saturated rings. The Hall–Kier alpha value is -2.66. The van der Waals surface area contributed by atoms with Crippen LogP contribution in [0.5, 0.6) is 5.75 Å². The first-order valence-electron chi connectivity index (χ1n) is 13.1. The molecule has 2 N–H and O–H groups in total. The van der Waals surface area contributed by atoms with Crippen LogP contribution in [0.1, 0.15) is 51.8 Å². The van der Waals surface area contributed by atoms with Crippen molar-refractivity contribution in [1.82, 2.24) is 15.0 Å². The Morgan fingerprint density at radius 1 is 1.27 bits per heavy atom. The highest BCUT2D eigenvalue weighted by atomic mass is 32.1. The van der Waals surface area contributed by atoms with Crippen molar-refractivity contribution in [3.8, 4) is 16.9 Å². The van der Waals surface area contributed by atoms with Crippen LogP contribution in [0, 0.1) is 11.8 Å². The molecule has 0 bridgehead atoms. The van der Waals surface area contributed by atoms with Crippen LogP contribution in [-0.2, 0) is 20.9 Å². The molecule has 1 aliphatic carbocycles. The summed E-state index contributed by atoms with van der Waals surface area (Å²) in [6, 6.07) is 3.90. The molecule has 10 heteroatoms. The van der Waals surface area contributed by atoms with Crippen molar-refractivity contribution >= 4 is 32.6 Å². The fourth-order valence-electron chi connectivity index (χ4n) is 4.28. The van der Waals surface area contributed by atoms with E-state index in [1.807, 2.05) is 26.0 Å². The lowest BCUT2D eigenvalue weighted by Crippen LogP contribution is -2.25. The average molecular weight is 527 g/mol. The summed E-state index contributed by atoms with van der Waals surface area (Å²) < 4.78 is 18.6. The molecule has 1 aromatic carbocycles. The van der Waals surface area contributed by atoms with E-state index in [4.69, 9.17) is 14.2 Å². The van der Waals surface area contributed by atoms with Gasteiger partial charge < -0.3 is 24.6 Å². The van der Waals surface area contributed by atoms with Gasteiger partial charge in [0.25, 0.3) is 0 Å². The maximum Gasteiger partial charge on any atom is 0.229 e. The molecule has 0 spiro atoms. The molecule has 9 nitrogen and oxygen atoms in total. The summed E-state index contributed by atoms with van der Waals surface area (Å²) >= 11 is 1.43. The molecular formula is C27H34N4O5S. The van der Waals surface area contributed by atoms with E-state index in [1.165, 1.54) is 11.3 Å². The summed E-state index contributed by atoms with van der Waals surface area (Å²) in [5.74, 6) is 1.75. The van der Waals surface area contributed by atoms with Gasteiger partial charge in [0, 0.05) is 42.0 Å². The molecule has 5 rings (SSSR count). The second-order valence-electron chi connectivity index (χ2n) is 9.87. The van der Waals surface area contributed by atoms with Crippen molar-refractivity contribution in [2.45, 2.75) is 64.8 Å². The van der Waals surface area contributed by atoms with Gasteiger partial charge >= 0.3 is 0 Å². The molecule has 2 aliphatic rings. The number of aliphatic hydroxyl groups excluding tert-OH is 1. The van der Waals surface area contributed by atoms with Gasteiger partial charge in [-0.1, -0.05) is 24.7 Å². The molecule has 3 atom stereocenters. The van der Waals surface area contributed by atoms with Crippen LogP contribution in [0.25, 0.3) is 21.3 Å². The van der Waals surface area contributed by atoms with Crippen LogP contribution in [0.15, 0.2) is 24.5 Å². The van der Waals surface area contributed by atoms with Crippen LogP contribution in [-0.4, -0.2) is 58.0 Å². The number of nitrogens with zero attached hydrogens (tertiary/aromatic N) is 3. The van der Waals surface area contributed by atoms with Crippen LogP contribution in [0.4, 0.5) is 5.13 Å². The number of carbonyl (C=O) groups excluding carboxylic acids is 1. The Morgan fingerprint density at radius 2 is 2.08 bits per heavy atom. The average Bonchev–Trinajstić information content (AvgIpc) is 3.48. The summed E-state index contributed by atoms with van der Waals surface area (Å²) in [4.78, 5) is 25.9. The SMILES string of the molecule is CCC[C@H](O)[C@H](C)OCc1ncc(-c2ccc3nc(NC(=O)C4CC4)sc3c2OC[C@H]2CCOC2)cn1. The number of anilines is 1. The van der Waals surface area contributed by atoms with Crippen LogP contribution >= 0.6 is 11.3 Å². The zero-order valence-corrected chi connectivity index (χ0v) is 22.1. The zero-order valence-electron chi connectivity index (χ0n) is 21.3. The highest BCUT2D eigenvalue weighted by Gasteiger charge is 2.30. The number of fused-ring (bicyclic) bond motifs is 1. The highest BCUT2D eigenvalue weighted by Crippen LogP contribution is 2.42. The first kappa shape index (κ1) is 26.0. The minimum absolute atomic E-state index is 0.0348. The molecule has 1 amide bonds. The van der Waals surface area contributed by atoms with Crippen LogP contribution < -0.4 is 10.1 Å². The van der Waals surface area contributed by atoms with E-state index in [2.05, 4.69) is 20.3 Å². The van der Waals surface area contributed by atoms with Gasteiger partial charge in [0.2, 0.25) is 5.91 Å². The fraction of sp³-hybridized carbons (Fsp3) is 0.556. The molecule has 37 heavy (non-hydrogen) atoms. The van der Waals surface area contributed by atoms with Gasteiger partial charge in [-0.2, -0.15) is 0 Å². The lowest BCUT2D eigenvalue weighted by Gasteiger charge is -2.18. The molecule has 3 aromatic rings. The molecular weight excluding hydrogens is 492 g/mol. The number of carbonyl (C=O) groups is 1. The molecule has 3 heterocycles. The Morgan fingerprint density at radius 3 is 2.78 bits per heavy atom. The van der Waals surface area contributed by atoms with Crippen molar-refractivity contribution in [2.24, 2.45) is 11.8 Å². The van der Waals surface area contributed by atoms with Gasteiger partial charge in [-0.3, -0.25) is 4.79 Å². The largest absolute Gasteiger partial charge is 0.491 e. The Bertz CT molecular complexity index is 1210. The number of benzene rings is 1. The Labute approximate surface area is 220 Å². The number of amides is 1. The van der Waals surface area contributed by atoms with E-state index in [9.17, 15) is 9.90 Å². The van der Waals surface area contributed by atoms with Gasteiger partial charge in [-0.15, -0.1) is 0 Å². The fourth-order valence-corrected chi connectivity index (χ4v) is 5.25. The van der Waals surface area contributed by atoms with Crippen molar-refractivity contribution < 1.29 is 24.1 Å². The third-order valence-electron chi connectivity index (χ3n) is 6.80. The molecule has 1 saturated carbocycles. The zero-order chi connectivity index (χ0) is 25.8. The van der Waals surface area contributed by atoms with Crippen molar-refractivity contribution in [1.29, 1.82) is 0 Å². The monoisotopic (exact) mass is 526 g/mol. The molecule has 0 radical (unpaired) electrons. The number of thiazole rings is 1. The molecule has 1 aliphatic heterocycles. The summed E-state index contributed by atoms with van der Waals surface area (Å²) in [5, 5.41) is 13.6. The van der Waals surface area contributed by atoms with E-state index >= 15 is 0 Å². The van der Waals surface area contributed by atoms with E-state index in [-0.39, 0.29) is 24.5 Å². The minimum atomic E-state index is -0.501. The number of aromatic nitrogens is 3. The van der Waals surface area contributed by atoms with Gasteiger partial charge in [-0.05, 0) is 44.7 Å². The standard InChI is InChI=1S/C27H34N4O5S/c1-3-4-22(32)16(2)35-15-23-28-11-19(12-29-23)20-7-8-21-25(24(20)36-14-17-9-10-34-13-17)37-27(30-21)31-26(33)18-5-6-18/h7-8,11-12,16-18,22,32H,3-6,9-10,13-15H2,1-2H3,(H,30,31,33)/t16-,17-,22-/m0/s1. The second kappa shape index (κ2) is 11.8. The van der Waals surface area contributed by atoms with Gasteiger partial charge in [0.1, 0.15) is 12.4 Å². The molecule has 0 unspecified atom stereocenters. The third-order valence-corrected chi connectivity index (χ3v) is 7.78. The van der Waals surface area contributed by atoms with E-state index in [0.29, 0.717) is 36.5 Å². The van der Waals surface area contributed by atoms with E-state index in [1.54, 1.807) is 12.4 Å². The topological polar surface area (TPSA) is 116 Å². The summed E-state index contributed by atoms with van der Waals surface area (Å²) in [7, 11) is 0. The lowest BCUT2D eigenvalue weighted by atomic mass is 10.1. The number of ether oxygens (including phenoxy) is 3. The quantitative estimate of drug-likeness (QED) is 0.352. The first-order valence-corrected chi connectivity index (χ1v) is 13.9. The van der Waals surface area contributed by atoms with Crippen LogP contribution in [0.3, 0.4) is 0 Å². The van der Waals surface area contributed by atoms with E-state index < -0.39 is 6.10 Å². The predicted molar refractivity (Wildman–Crippen MR) is 142 cm³/mol. The highest BCUT2D eigenvalue weighted by molar-refractivity contribution is 7.22. The van der Waals surface area contributed by atoms with Gasteiger partial charge in [-0.25, -0.2) is 15.0 Å². The van der Waals surface area contributed by atoms with Gasteiger partial charge in [0.15, 0.2) is 11.0 Å². The maximum atomic E-state index is 12.3. The third kappa shape index (κ3) is 6.43. The number of nitrogens with one attached hydrogen (secondary N) is 1. The summed E-state index contributed by atoms with van der Waals surface area (Å²) in [6.07, 6.45) is 7.20. The van der Waals surface area contributed by atoms with Crippen molar-refractivity contribution in [2.75, 3.05) is 25.1 Å². The lowest BCUT2D eigenvalue weighted by molar-refractivity contribution is -0.117. The maximum absolute atomic E-state index is 12.3.